The van der Waals surface area contributed by atoms with E-state index in [0.717, 1.165) is 11.4 Å². The molecule has 0 spiro atoms. The number of nitrogens with one attached hydrogen (secondary N) is 2. The number of ether oxygens (including phenoxy) is 1. The number of aromatic nitrogens is 3. The summed E-state index contributed by atoms with van der Waals surface area (Å²) in [5.41, 5.74) is 1.04. The van der Waals surface area contributed by atoms with Gasteiger partial charge in [0, 0.05) is 16.8 Å². The molecule has 0 unspecified atom stereocenters. The van der Waals surface area contributed by atoms with Gasteiger partial charge >= 0.3 is 6.03 Å². The first kappa shape index (κ1) is 24.6. The first-order valence-corrected chi connectivity index (χ1v) is 11.7. The number of hydrogen-bond acceptors (Lipinski definition) is 6. The van der Waals surface area contributed by atoms with Crippen molar-refractivity contribution in [2.75, 3.05) is 12.4 Å². The van der Waals surface area contributed by atoms with Crippen molar-refractivity contribution in [3.8, 4) is 22.8 Å². The maximum atomic E-state index is 12.3. The number of amides is 3. The fraction of sp³-hybridized carbons (Fsp3) is 0.304. The van der Waals surface area contributed by atoms with Gasteiger partial charge in [-0.2, -0.15) is 0 Å². The van der Waals surface area contributed by atoms with Crippen LogP contribution >= 0.6 is 23.4 Å². The monoisotopic (exact) mass is 487 g/mol. The molecule has 2 N–H and O–H groups in total. The Balaban J connectivity index is 1.87. The van der Waals surface area contributed by atoms with E-state index in [-0.39, 0.29) is 5.75 Å². The second-order valence-corrected chi connectivity index (χ2v) is 9.44. The number of urea groups is 1. The van der Waals surface area contributed by atoms with Gasteiger partial charge < -0.3 is 10.1 Å². The third kappa shape index (κ3) is 6.72. The summed E-state index contributed by atoms with van der Waals surface area (Å²) in [4.78, 5) is 24.3. The lowest BCUT2D eigenvalue weighted by molar-refractivity contribution is -0.117. The van der Waals surface area contributed by atoms with Gasteiger partial charge in [0.2, 0.25) is 5.91 Å². The first-order valence-electron chi connectivity index (χ1n) is 10.4. The zero-order valence-corrected chi connectivity index (χ0v) is 20.5. The topological polar surface area (TPSA) is 98.1 Å². The molecule has 3 amide bonds. The molecule has 0 aliphatic rings. The summed E-state index contributed by atoms with van der Waals surface area (Å²) in [6, 6.07) is 14.3. The molecule has 0 saturated heterocycles. The molecule has 0 fully saturated rings. The number of hydrogen-bond donors (Lipinski definition) is 2. The number of imide groups is 1. The standard InChI is InChI=1S/C23H26ClN5O3S/c1-5-32-16-12-10-15(11-13-16)29-20(17-8-6-7-9-18(17)24)27-28-22(29)33-14-19(30)25-21(31)26-23(2,3)4/h6-13H,5,14H2,1-4H3,(H2,25,26,30,31). The minimum atomic E-state index is -0.544. The largest absolute Gasteiger partial charge is 0.494 e. The van der Waals surface area contributed by atoms with Gasteiger partial charge in [0.15, 0.2) is 11.0 Å². The van der Waals surface area contributed by atoms with E-state index in [1.807, 2.05) is 74.7 Å². The molecule has 3 aromatic rings. The predicted octanol–water partition coefficient (Wildman–Crippen LogP) is 4.70. The van der Waals surface area contributed by atoms with Crippen LogP contribution in [-0.2, 0) is 4.79 Å². The van der Waals surface area contributed by atoms with Crippen molar-refractivity contribution >= 4 is 35.3 Å². The van der Waals surface area contributed by atoms with Crippen LogP contribution in [0.15, 0.2) is 53.7 Å². The second-order valence-electron chi connectivity index (χ2n) is 8.09. The third-order valence-corrected chi connectivity index (χ3v) is 5.49. The van der Waals surface area contributed by atoms with E-state index < -0.39 is 17.5 Å². The Morgan fingerprint density at radius 3 is 2.42 bits per heavy atom. The first-order chi connectivity index (χ1) is 15.7. The van der Waals surface area contributed by atoms with Crippen LogP contribution < -0.4 is 15.4 Å². The Labute approximate surface area is 202 Å². The highest BCUT2D eigenvalue weighted by Crippen LogP contribution is 2.32. The van der Waals surface area contributed by atoms with Gasteiger partial charge in [-0.15, -0.1) is 10.2 Å². The van der Waals surface area contributed by atoms with Crippen molar-refractivity contribution in [2.45, 2.75) is 38.4 Å². The summed E-state index contributed by atoms with van der Waals surface area (Å²) in [5, 5.41) is 14.7. The average Bonchev–Trinajstić information content (AvgIpc) is 3.15. The van der Waals surface area contributed by atoms with Crippen LogP contribution in [0.4, 0.5) is 4.79 Å². The van der Waals surface area contributed by atoms with Gasteiger partial charge in [-0.05, 0) is 64.1 Å². The molecule has 0 bridgehead atoms. The molecular weight excluding hydrogens is 462 g/mol. The van der Waals surface area contributed by atoms with Crippen LogP contribution in [0.3, 0.4) is 0 Å². The van der Waals surface area contributed by atoms with E-state index in [0.29, 0.717) is 28.2 Å². The minimum Gasteiger partial charge on any atom is -0.494 e. The van der Waals surface area contributed by atoms with Gasteiger partial charge in [-0.3, -0.25) is 14.7 Å². The van der Waals surface area contributed by atoms with Crippen LogP contribution in [0.2, 0.25) is 5.02 Å². The van der Waals surface area contributed by atoms with Crippen molar-refractivity contribution in [3.05, 3.63) is 53.6 Å². The van der Waals surface area contributed by atoms with Gasteiger partial charge in [0.05, 0.1) is 17.4 Å². The second kappa shape index (κ2) is 10.7. The molecule has 1 heterocycles. The van der Waals surface area contributed by atoms with E-state index in [2.05, 4.69) is 20.8 Å². The molecule has 0 atom stereocenters. The van der Waals surface area contributed by atoms with E-state index in [1.54, 1.807) is 6.07 Å². The Morgan fingerprint density at radius 2 is 1.79 bits per heavy atom. The summed E-state index contributed by atoms with van der Waals surface area (Å²) >= 11 is 7.58. The average molecular weight is 488 g/mol. The number of benzene rings is 2. The molecule has 0 saturated carbocycles. The lowest BCUT2D eigenvalue weighted by Gasteiger charge is -2.20. The van der Waals surface area contributed by atoms with Crippen LogP contribution in [0, 0.1) is 0 Å². The highest BCUT2D eigenvalue weighted by Gasteiger charge is 2.20. The zero-order valence-electron chi connectivity index (χ0n) is 18.9. The summed E-state index contributed by atoms with van der Waals surface area (Å²) in [6.45, 7) is 7.99. The van der Waals surface area contributed by atoms with Crippen LogP contribution in [0.5, 0.6) is 5.75 Å². The molecule has 174 valence electrons. The normalized spacial score (nSPS) is 11.2. The molecule has 8 nitrogen and oxygen atoms in total. The molecule has 33 heavy (non-hydrogen) atoms. The minimum absolute atomic E-state index is 0.0186. The fourth-order valence-corrected chi connectivity index (χ4v) is 3.91. The highest BCUT2D eigenvalue weighted by atomic mass is 35.5. The lowest BCUT2D eigenvalue weighted by atomic mass is 10.1. The SMILES string of the molecule is CCOc1ccc(-n2c(SCC(=O)NC(=O)NC(C)(C)C)nnc2-c2ccccc2Cl)cc1. The van der Waals surface area contributed by atoms with E-state index >= 15 is 0 Å². The third-order valence-electron chi connectivity index (χ3n) is 4.23. The maximum Gasteiger partial charge on any atom is 0.321 e. The molecule has 10 heteroatoms. The van der Waals surface area contributed by atoms with Crippen molar-refractivity contribution in [2.24, 2.45) is 0 Å². The van der Waals surface area contributed by atoms with Gasteiger partial charge in [-0.1, -0.05) is 35.5 Å². The van der Waals surface area contributed by atoms with Gasteiger partial charge in [0.1, 0.15) is 5.75 Å². The molecule has 0 aliphatic heterocycles. The Kier molecular flexibility index (Phi) is 7.99. The van der Waals surface area contributed by atoms with Crippen molar-refractivity contribution in [3.63, 3.8) is 0 Å². The number of thioether (sulfide) groups is 1. The van der Waals surface area contributed by atoms with Crippen LogP contribution in [0.25, 0.3) is 17.1 Å². The van der Waals surface area contributed by atoms with E-state index in [1.165, 1.54) is 11.8 Å². The van der Waals surface area contributed by atoms with Crippen molar-refractivity contribution < 1.29 is 14.3 Å². The number of carbonyl (C=O) groups excluding carboxylic acids is 2. The number of nitrogens with zero attached hydrogens (tertiary/aromatic N) is 3. The molecule has 1 aromatic heterocycles. The Morgan fingerprint density at radius 1 is 1.09 bits per heavy atom. The van der Waals surface area contributed by atoms with E-state index in [4.69, 9.17) is 16.3 Å². The molecule has 3 rings (SSSR count). The van der Waals surface area contributed by atoms with Crippen LogP contribution in [-0.4, -0.2) is 44.6 Å². The van der Waals surface area contributed by atoms with Crippen molar-refractivity contribution in [1.29, 1.82) is 0 Å². The predicted molar refractivity (Wildman–Crippen MR) is 130 cm³/mol. The van der Waals surface area contributed by atoms with E-state index in [9.17, 15) is 9.59 Å². The maximum absolute atomic E-state index is 12.3. The number of halogens is 1. The summed E-state index contributed by atoms with van der Waals surface area (Å²) in [5.74, 6) is 0.822. The number of carbonyl (C=O) groups is 2. The lowest BCUT2D eigenvalue weighted by Crippen LogP contribution is -2.48. The Hall–Kier alpha value is -3.04. The highest BCUT2D eigenvalue weighted by molar-refractivity contribution is 7.99. The zero-order chi connectivity index (χ0) is 24.0. The molecule has 0 aliphatic carbocycles. The Bertz CT molecular complexity index is 1130. The summed E-state index contributed by atoms with van der Waals surface area (Å²) in [7, 11) is 0. The molecular formula is C23H26ClN5O3S. The quantitative estimate of drug-likeness (QED) is 0.468. The van der Waals surface area contributed by atoms with Gasteiger partial charge in [0.25, 0.3) is 0 Å². The smallest absolute Gasteiger partial charge is 0.321 e. The summed E-state index contributed by atoms with van der Waals surface area (Å²) in [6.07, 6.45) is 0. The van der Waals surface area contributed by atoms with Gasteiger partial charge in [-0.25, -0.2) is 4.79 Å². The summed E-state index contributed by atoms with van der Waals surface area (Å²) < 4.78 is 7.36. The number of rotatable bonds is 7. The van der Waals surface area contributed by atoms with Crippen molar-refractivity contribution in [1.82, 2.24) is 25.4 Å². The van der Waals surface area contributed by atoms with Crippen LogP contribution in [0.1, 0.15) is 27.7 Å². The molecule has 0 radical (unpaired) electrons. The fourth-order valence-electron chi connectivity index (χ4n) is 2.94. The molecule has 2 aromatic carbocycles.